The largest absolute Gasteiger partial charge is 0.481 e. The predicted octanol–water partition coefficient (Wildman–Crippen LogP) is 1.83. The highest BCUT2D eigenvalue weighted by Gasteiger charge is 2.52. The Morgan fingerprint density at radius 2 is 1.84 bits per heavy atom. The summed E-state index contributed by atoms with van der Waals surface area (Å²) in [4.78, 5) is 11.0. The Morgan fingerprint density at radius 1 is 1.26 bits per heavy atom. The van der Waals surface area contributed by atoms with Crippen LogP contribution in [0.5, 0.6) is 0 Å². The molecule has 1 heterocycles. The second-order valence-corrected chi connectivity index (χ2v) is 6.83. The number of rotatable bonds is 3. The molecule has 1 aromatic rings. The molecule has 1 N–H and O–H groups in total. The van der Waals surface area contributed by atoms with Gasteiger partial charge in [-0.2, -0.15) is 0 Å². The van der Waals surface area contributed by atoms with E-state index < -0.39 is 5.97 Å². The van der Waals surface area contributed by atoms with E-state index in [-0.39, 0.29) is 12.0 Å². The van der Waals surface area contributed by atoms with Gasteiger partial charge in [-0.1, -0.05) is 0 Å². The van der Waals surface area contributed by atoms with Crippen LogP contribution in [0.1, 0.15) is 44.3 Å². The highest BCUT2D eigenvalue weighted by molar-refractivity contribution is 5.69. The molecule has 0 unspecified atom stereocenters. The number of aromatic nitrogens is 3. The second kappa shape index (κ2) is 3.81. The molecule has 0 atom stereocenters. The molecule has 4 aliphatic rings. The van der Waals surface area contributed by atoms with Crippen LogP contribution in [0.3, 0.4) is 0 Å². The van der Waals surface area contributed by atoms with E-state index in [1.54, 1.807) is 6.33 Å². The van der Waals surface area contributed by atoms with Gasteiger partial charge in [0.1, 0.15) is 18.6 Å². The standard InChI is InChI=1S/C14H19N3O2/c18-13(19)4-12-16-15-8-17(12)14-5-9-1-10(6-14)3-11(2-9)7-14/h8-11H,1-7H2,(H,18,19). The topological polar surface area (TPSA) is 68.0 Å². The third-order valence-corrected chi connectivity index (χ3v) is 5.44. The van der Waals surface area contributed by atoms with Gasteiger partial charge in [-0.3, -0.25) is 4.79 Å². The molecular weight excluding hydrogens is 242 g/mol. The van der Waals surface area contributed by atoms with Gasteiger partial charge in [0, 0.05) is 5.54 Å². The summed E-state index contributed by atoms with van der Waals surface area (Å²) in [5, 5.41) is 17.0. The van der Waals surface area contributed by atoms with Crippen LogP contribution >= 0.6 is 0 Å². The molecule has 102 valence electrons. The fraction of sp³-hybridized carbons (Fsp3) is 0.786. The molecule has 4 bridgehead atoms. The zero-order valence-electron chi connectivity index (χ0n) is 11.0. The van der Waals surface area contributed by atoms with Gasteiger partial charge in [0.15, 0.2) is 0 Å². The number of hydrogen-bond donors (Lipinski definition) is 1. The van der Waals surface area contributed by atoms with Gasteiger partial charge in [0.05, 0.1) is 0 Å². The Morgan fingerprint density at radius 3 is 2.37 bits per heavy atom. The number of carboxylic acid groups (broad SMARTS) is 1. The van der Waals surface area contributed by atoms with E-state index in [1.807, 2.05) is 0 Å². The first-order valence-corrected chi connectivity index (χ1v) is 7.26. The van der Waals surface area contributed by atoms with E-state index in [9.17, 15) is 4.79 Å². The summed E-state index contributed by atoms with van der Waals surface area (Å²) in [6, 6.07) is 0. The van der Waals surface area contributed by atoms with E-state index in [1.165, 1.54) is 38.5 Å². The Kier molecular flexibility index (Phi) is 2.29. The molecule has 4 fully saturated rings. The van der Waals surface area contributed by atoms with Crippen molar-refractivity contribution in [1.29, 1.82) is 0 Å². The summed E-state index contributed by atoms with van der Waals surface area (Å²) in [6.45, 7) is 0. The smallest absolute Gasteiger partial charge is 0.311 e. The fourth-order valence-corrected chi connectivity index (χ4v) is 5.27. The first-order chi connectivity index (χ1) is 9.14. The normalized spacial score (nSPS) is 39.7. The average molecular weight is 261 g/mol. The van der Waals surface area contributed by atoms with Crippen LogP contribution in [0, 0.1) is 17.8 Å². The van der Waals surface area contributed by atoms with Crippen LogP contribution in [-0.4, -0.2) is 25.8 Å². The Bertz CT molecular complexity index is 487. The lowest BCUT2D eigenvalue weighted by molar-refractivity contribution is -0.136. The third-order valence-electron chi connectivity index (χ3n) is 5.44. The van der Waals surface area contributed by atoms with Gasteiger partial charge in [-0.05, 0) is 56.3 Å². The first kappa shape index (κ1) is 11.4. The van der Waals surface area contributed by atoms with Crippen LogP contribution in [-0.2, 0) is 16.8 Å². The molecule has 0 saturated heterocycles. The summed E-state index contributed by atoms with van der Waals surface area (Å²) >= 11 is 0. The fourth-order valence-electron chi connectivity index (χ4n) is 5.27. The van der Waals surface area contributed by atoms with Crippen LogP contribution in [0.4, 0.5) is 0 Å². The lowest BCUT2D eigenvalue weighted by Gasteiger charge is -2.57. The highest BCUT2D eigenvalue weighted by atomic mass is 16.4. The molecule has 1 aromatic heterocycles. The van der Waals surface area contributed by atoms with Crippen molar-refractivity contribution in [2.45, 2.75) is 50.5 Å². The molecule has 0 radical (unpaired) electrons. The van der Waals surface area contributed by atoms with E-state index >= 15 is 0 Å². The molecule has 4 saturated carbocycles. The lowest BCUT2D eigenvalue weighted by Crippen LogP contribution is -2.52. The Labute approximate surface area is 112 Å². The molecule has 0 amide bonds. The van der Waals surface area contributed by atoms with Crippen molar-refractivity contribution in [3.63, 3.8) is 0 Å². The zero-order chi connectivity index (χ0) is 13.0. The van der Waals surface area contributed by atoms with Crippen molar-refractivity contribution >= 4 is 5.97 Å². The van der Waals surface area contributed by atoms with Crippen LogP contribution in [0.15, 0.2) is 6.33 Å². The molecule has 5 heteroatoms. The zero-order valence-corrected chi connectivity index (χ0v) is 11.0. The van der Waals surface area contributed by atoms with E-state index in [0.29, 0.717) is 5.82 Å². The van der Waals surface area contributed by atoms with Gasteiger partial charge < -0.3 is 9.67 Å². The first-order valence-electron chi connectivity index (χ1n) is 7.26. The molecule has 0 aliphatic heterocycles. The molecular formula is C14H19N3O2. The van der Waals surface area contributed by atoms with Crippen molar-refractivity contribution in [2.24, 2.45) is 17.8 Å². The van der Waals surface area contributed by atoms with Gasteiger partial charge in [0.2, 0.25) is 0 Å². The lowest BCUT2D eigenvalue weighted by atomic mass is 9.53. The van der Waals surface area contributed by atoms with Crippen molar-refractivity contribution in [3.05, 3.63) is 12.2 Å². The summed E-state index contributed by atoms with van der Waals surface area (Å²) in [7, 11) is 0. The van der Waals surface area contributed by atoms with Crippen LogP contribution in [0.25, 0.3) is 0 Å². The Hall–Kier alpha value is -1.39. The molecule has 0 aromatic carbocycles. The molecule has 19 heavy (non-hydrogen) atoms. The van der Waals surface area contributed by atoms with Gasteiger partial charge in [-0.25, -0.2) is 0 Å². The van der Waals surface area contributed by atoms with Crippen LogP contribution < -0.4 is 0 Å². The minimum absolute atomic E-state index is 0.0122. The monoisotopic (exact) mass is 261 g/mol. The maximum atomic E-state index is 11.0. The number of carboxylic acids is 1. The quantitative estimate of drug-likeness (QED) is 0.901. The molecule has 5 rings (SSSR count). The summed E-state index contributed by atoms with van der Waals surface area (Å²) < 4.78 is 2.12. The van der Waals surface area contributed by atoms with Gasteiger partial charge >= 0.3 is 5.97 Å². The SMILES string of the molecule is O=C(O)Cc1nncn1C12CC3CC(CC(C3)C1)C2. The number of nitrogens with zero attached hydrogens (tertiary/aromatic N) is 3. The summed E-state index contributed by atoms with van der Waals surface area (Å²) in [5.41, 5.74) is 0.128. The third kappa shape index (κ3) is 1.70. The van der Waals surface area contributed by atoms with Crippen LogP contribution in [0.2, 0.25) is 0 Å². The van der Waals surface area contributed by atoms with E-state index in [0.717, 1.165) is 17.8 Å². The number of hydrogen-bond acceptors (Lipinski definition) is 3. The summed E-state index contributed by atoms with van der Waals surface area (Å²) in [5.74, 6) is 2.33. The van der Waals surface area contributed by atoms with Crippen molar-refractivity contribution in [3.8, 4) is 0 Å². The van der Waals surface area contributed by atoms with Gasteiger partial charge in [0.25, 0.3) is 0 Å². The van der Waals surface area contributed by atoms with E-state index in [2.05, 4.69) is 14.8 Å². The highest BCUT2D eigenvalue weighted by Crippen LogP contribution is 2.58. The molecule has 5 nitrogen and oxygen atoms in total. The van der Waals surface area contributed by atoms with E-state index in [4.69, 9.17) is 5.11 Å². The van der Waals surface area contributed by atoms with Crippen molar-refractivity contribution in [2.75, 3.05) is 0 Å². The minimum atomic E-state index is -0.820. The predicted molar refractivity (Wildman–Crippen MR) is 67.5 cm³/mol. The number of carbonyl (C=O) groups is 1. The maximum Gasteiger partial charge on any atom is 0.311 e. The minimum Gasteiger partial charge on any atom is -0.481 e. The summed E-state index contributed by atoms with van der Waals surface area (Å²) in [6.07, 6.45) is 9.51. The van der Waals surface area contributed by atoms with Gasteiger partial charge in [-0.15, -0.1) is 10.2 Å². The maximum absolute atomic E-state index is 11.0. The number of aliphatic carboxylic acids is 1. The van der Waals surface area contributed by atoms with Crippen molar-refractivity contribution in [1.82, 2.24) is 14.8 Å². The second-order valence-electron chi connectivity index (χ2n) is 6.83. The molecule has 4 aliphatic carbocycles. The Balaban J connectivity index is 1.72. The average Bonchev–Trinajstić information content (AvgIpc) is 2.74. The molecule has 0 spiro atoms. The van der Waals surface area contributed by atoms with Crippen molar-refractivity contribution < 1.29 is 9.90 Å².